The Morgan fingerprint density at radius 1 is 1.50 bits per heavy atom. The summed E-state index contributed by atoms with van der Waals surface area (Å²) in [4.78, 5) is 2.43. The molecule has 1 aliphatic rings. The van der Waals surface area contributed by atoms with E-state index in [1.165, 1.54) is 0 Å². The molecule has 2 rings (SSSR count). The summed E-state index contributed by atoms with van der Waals surface area (Å²) in [5, 5.41) is 20.0. The van der Waals surface area contributed by atoms with Crippen molar-refractivity contribution in [3.05, 3.63) is 17.8 Å². The Balaban J connectivity index is 2.06. The zero-order chi connectivity index (χ0) is 13.2. The molecule has 0 aromatic carbocycles. The topological polar surface area (TPSA) is 64.8 Å². The van der Waals surface area contributed by atoms with Crippen LogP contribution >= 0.6 is 0 Å². The van der Waals surface area contributed by atoms with Gasteiger partial charge in [-0.15, -0.1) is 10.2 Å². The molecular formula is C13H19N5. The van der Waals surface area contributed by atoms with Crippen LogP contribution in [0.5, 0.6) is 0 Å². The van der Waals surface area contributed by atoms with Gasteiger partial charge in [0, 0.05) is 19.1 Å². The number of hydrogen-bond donors (Lipinski definition) is 1. The Hall–Kier alpha value is -1.67. The second kappa shape index (κ2) is 4.91. The third-order valence-electron chi connectivity index (χ3n) is 3.56. The Morgan fingerprint density at radius 3 is 2.78 bits per heavy atom. The highest BCUT2D eigenvalue weighted by Gasteiger charge is 2.38. The lowest BCUT2D eigenvalue weighted by atomic mass is 9.88. The van der Waals surface area contributed by atoms with Crippen LogP contribution in [0.2, 0.25) is 0 Å². The SMILES string of the molecule is CCN1CC(Nc2ccc(C#N)nn2)C(C)(C)C1. The van der Waals surface area contributed by atoms with Crippen LogP contribution in [0.4, 0.5) is 5.82 Å². The molecular weight excluding hydrogens is 226 g/mol. The van der Waals surface area contributed by atoms with Crippen molar-refractivity contribution in [2.75, 3.05) is 25.0 Å². The Labute approximate surface area is 108 Å². The van der Waals surface area contributed by atoms with Crippen molar-refractivity contribution in [2.24, 2.45) is 5.41 Å². The molecule has 1 unspecified atom stereocenters. The van der Waals surface area contributed by atoms with Gasteiger partial charge in [-0.3, -0.25) is 0 Å². The molecule has 5 heteroatoms. The molecule has 1 fully saturated rings. The number of nitriles is 1. The van der Waals surface area contributed by atoms with Crippen LogP contribution in [0.3, 0.4) is 0 Å². The van der Waals surface area contributed by atoms with Crippen molar-refractivity contribution in [2.45, 2.75) is 26.8 Å². The largest absolute Gasteiger partial charge is 0.364 e. The average molecular weight is 245 g/mol. The molecule has 1 aromatic heterocycles. The minimum absolute atomic E-state index is 0.214. The normalized spacial score (nSPS) is 22.7. The number of nitrogens with one attached hydrogen (secondary N) is 1. The summed E-state index contributed by atoms with van der Waals surface area (Å²) in [6.45, 7) is 9.88. The fraction of sp³-hybridized carbons (Fsp3) is 0.615. The van der Waals surface area contributed by atoms with E-state index in [-0.39, 0.29) is 5.41 Å². The van der Waals surface area contributed by atoms with E-state index in [0.717, 1.165) is 25.5 Å². The van der Waals surface area contributed by atoms with Crippen molar-refractivity contribution >= 4 is 5.82 Å². The van der Waals surface area contributed by atoms with E-state index in [2.05, 4.69) is 41.2 Å². The lowest BCUT2D eigenvalue weighted by Crippen LogP contribution is -2.35. The van der Waals surface area contributed by atoms with Crippen LogP contribution in [0.1, 0.15) is 26.5 Å². The summed E-state index contributed by atoms with van der Waals surface area (Å²) in [5.41, 5.74) is 0.562. The zero-order valence-corrected chi connectivity index (χ0v) is 11.1. The van der Waals surface area contributed by atoms with Gasteiger partial charge in [-0.05, 0) is 24.1 Å². The first kappa shape index (κ1) is 12.8. The molecule has 0 saturated carbocycles. The van der Waals surface area contributed by atoms with Gasteiger partial charge in [0.1, 0.15) is 11.9 Å². The summed E-state index contributed by atoms with van der Waals surface area (Å²) in [6.07, 6.45) is 0. The minimum Gasteiger partial charge on any atom is -0.364 e. The van der Waals surface area contributed by atoms with Gasteiger partial charge in [-0.25, -0.2) is 0 Å². The van der Waals surface area contributed by atoms with Gasteiger partial charge < -0.3 is 10.2 Å². The smallest absolute Gasteiger partial charge is 0.163 e. The maximum atomic E-state index is 8.68. The summed E-state index contributed by atoms with van der Waals surface area (Å²) < 4.78 is 0. The van der Waals surface area contributed by atoms with E-state index < -0.39 is 0 Å². The second-order valence-electron chi connectivity index (χ2n) is 5.43. The van der Waals surface area contributed by atoms with Gasteiger partial charge in [0.15, 0.2) is 5.69 Å². The molecule has 1 aromatic rings. The number of aromatic nitrogens is 2. The van der Waals surface area contributed by atoms with Crippen molar-refractivity contribution < 1.29 is 0 Å². The van der Waals surface area contributed by atoms with E-state index in [4.69, 9.17) is 5.26 Å². The van der Waals surface area contributed by atoms with Crippen LogP contribution < -0.4 is 5.32 Å². The fourth-order valence-corrected chi connectivity index (χ4v) is 2.39. The molecule has 1 N–H and O–H groups in total. The van der Waals surface area contributed by atoms with E-state index in [1.54, 1.807) is 6.07 Å². The van der Waals surface area contributed by atoms with Gasteiger partial charge >= 0.3 is 0 Å². The summed E-state index contributed by atoms with van der Waals surface area (Å²) in [5.74, 6) is 0.741. The maximum Gasteiger partial charge on any atom is 0.163 e. The number of hydrogen-bond acceptors (Lipinski definition) is 5. The molecule has 0 aliphatic carbocycles. The molecule has 96 valence electrons. The number of nitrogens with zero attached hydrogens (tertiary/aromatic N) is 4. The molecule has 1 aliphatic heterocycles. The van der Waals surface area contributed by atoms with E-state index >= 15 is 0 Å². The summed E-state index contributed by atoms with van der Waals surface area (Å²) >= 11 is 0. The Morgan fingerprint density at radius 2 is 2.28 bits per heavy atom. The first-order chi connectivity index (χ1) is 8.55. The van der Waals surface area contributed by atoms with Gasteiger partial charge in [0.25, 0.3) is 0 Å². The Kier molecular flexibility index (Phi) is 3.48. The van der Waals surface area contributed by atoms with Crippen LogP contribution in [0.25, 0.3) is 0 Å². The van der Waals surface area contributed by atoms with Gasteiger partial charge in [0.2, 0.25) is 0 Å². The van der Waals surface area contributed by atoms with E-state index in [0.29, 0.717) is 11.7 Å². The van der Waals surface area contributed by atoms with Crippen molar-refractivity contribution in [3.8, 4) is 6.07 Å². The van der Waals surface area contributed by atoms with E-state index in [9.17, 15) is 0 Å². The molecule has 18 heavy (non-hydrogen) atoms. The highest BCUT2D eigenvalue weighted by atomic mass is 15.2. The second-order valence-corrected chi connectivity index (χ2v) is 5.43. The average Bonchev–Trinajstić information content (AvgIpc) is 2.65. The zero-order valence-electron chi connectivity index (χ0n) is 11.1. The predicted molar refractivity (Wildman–Crippen MR) is 70.1 cm³/mol. The number of anilines is 1. The van der Waals surface area contributed by atoms with Gasteiger partial charge in [0.05, 0.1) is 0 Å². The number of likely N-dealkylation sites (tertiary alicyclic amines) is 1. The maximum absolute atomic E-state index is 8.68. The van der Waals surface area contributed by atoms with Crippen LogP contribution in [0, 0.1) is 16.7 Å². The van der Waals surface area contributed by atoms with Gasteiger partial charge in [-0.2, -0.15) is 5.26 Å². The molecule has 1 atom stereocenters. The first-order valence-corrected chi connectivity index (χ1v) is 6.28. The third kappa shape index (κ3) is 2.59. The van der Waals surface area contributed by atoms with Gasteiger partial charge in [-0.1, -0.05) is 20.8 Å². The third-order valence-corrected chi connectivity index (χ3v) is 3.56. The molecule has 0 bridgehead atoms. The van der Waals surface area contributed by atoms with Crippen LogP contribution in [-0.4, -0.2) is 40.8 Å². The summed E-state index contributed by atoms with van der Waals surface area (Å²) in [7, 11) is 0. The quantitative estimate of drug-likeness (QED) is 0.874. The van der Waals surface area contributed by atoms with Crippen molar-refractivity contribution in [1.82, 2.24) is 15.1 Å². The lowest BCUT2D eigenvalue weighted by molar-refractivity contribution is 0.300. The summed E-state index contributed by atoms with van der Waals surface area (Å²) in [6, 6.07) is 5.84. The molecule has 5 nitrogen and oxygen atoms in total. The minimum atomic E-state index is 0.214. The molecule has 0 amide bonds. The van der Waals surface area contributed by atoms with E-state index in [1.807, 2.05) is 12.1 Å². The monoisotopic (exact) mass is 245 g/mol. The molecule has 0 radical (unpaired) electrons. The van der Waals surface area contributed by atoms with Crippen molar-refractivity contribution in [1.29, 1.82) is 5.26 Å². The highest BCUT2D eigenvalue weighted by molar-refractivity contribution is 5.37. The number of rotatable bonds is 3. The molecule has 1 saturated heterocycles. The Bertz CT molecular complexity index is 445. The fourth-order valence-electron chi connectivity index (χ4n) is 2.39. The lowest BCUT2D eigenvalue weighted by Gasteiger charge is -2.26. The highest BCUT2D eigenvalue weighted by Crippen LogP contribution is 2.31. The number of likely N-dealkylation sites (N-methyl/N-ethyl adjacent to an activating group) is 1. The standard InChI is InChI=1S/C13H19N5/c1-4-18-8-11(13(2,3)9-18)15-12-6-5-10(7-14)16-17-12/h5-6,11H,4,8-9H2,1-3H3,(H,15,17). The molecule has 2 heterocycles. The predicted octanol–water partition coefficient (Wildman–Crippen LogP) is 1.49. The van der Waals surface area contributed by atoms with Crippen molar-refractivity contribution in [3.63, 3.8) is 0 Å². The van der Waals surface area contributed by atoms with Crippen LogP contribution in [0.15, 0.2) is 12.1 Å². The van der Waals surface area contributed by atoms with Crippen LogP contribution in [-0.2, 0) is 0 Å². The molecule has 0 spiro atoms. The first-order valence-electron chi connectivity index (χ1n) is 6.28.